The predicted molar refractivity (Wildman–Crippen MR) is 90.8 cm³/mol. The molecule has 0 radical (unpaired) electrons. The van der Waals surface area contributed by atoms with Crippen LogP contribution in [0.4, 0.5) is 10.5 Å². The number of nitro benzene ring substituents is 1. The molecular formula is C17H17N3O5. The zero-order valence-electron chi connectivity index (χ0n) is 13.4. The molecule has 1 saturated heterocycles. The van der Waals surface area contributed by atoms with Crippen molar-refractivity contribution >= 4 is 17.8 Å². The zero-order chi connectivity index (χ0) is 17.6. The van der Waals surface area contributed by atoms with Crippen molar-refractivity contribution in [3.8, 4) is 11.3 Å². The van der Waals surface area contributed by atoms with Gasteiger partial charge in [0, 0.05) is 37.0 Å². The van der Waals surface area contributed by atoms with Crippen molar-refractivity contribution in [2.24, 2.45) is 0 Å². The molecule has 1 aromatic carbocycles. The van der Waals surface area contributed by atoms with E-state index in [0.717, 1.165) is 5.56 Å². The second kappa shape index (κ2) is 7.63. The van der Waals surface area contributed by atoms with Crippen LogP contribution in [0.1, 0.15) is 5.76 Å². The number of morpholine rings is 1. The van der Waals surface area contributed by atoms with Crippen LogP contribution >= 0.6 is 0 Å². The topological polar surface area (TPSA) is 97.8 Å². The Labute approximate surface area is 143 Å². The van der Waals surface area contributed by atoms with E-state index < -0.39 is 4.92 Å². The van der Waals surface area contributed by atoms with Crippen LogP contribution in [0, 0.1) is 10.1 Å². The Bertz CT molecular complexity index is 776. The molecule has 1 aliphatic heterocycles. The molecule has 1 N–H and O–H groups in total. The highest BCUT2D eigenvalue weighted by Gasteiger charge is 2.15. The zero-order valence-corrected chi connectivity index (χ0v) is 13.4. The van der Waals surface area contributed by atoms with E-state index in [4.69, 9.17) is 9.15 Å². The Morgan fingerprint density at radius 1 is 1.16 bits per heavy atom. The molecule has 25 heavy (non-hydrogen) atoms. The summed E-state index contributed by atoms with van der Waals surface area (Å²) in [7, 11) is 0. The third kappa shape index (κ3) is 4.24. The van der Waals surface area contributed by atoms with Crippen LogP contribution in [-0.2, 0) is 4.74 Å². The van der Waals surface area contributed by atoms with Gasteiger partial charge >= 0.3 is 6.03 Å². The first-order chi connectivity index (χ1) is 12.1. The summed E-state index contributed by atoms with van der Waals surface area (Å²) >= 11 is 0. The number of carbonyl (C=O) groups excluding carboxylic acids is 1. The minimum absolute atomic E-state index is 0.0289. The molecule has 0 spiro atoms. The van der Waals surface area contributed by atoms with Crippen LogP contribution in [0.5, 0.6) is 0 Å². The van der Waals surface area contributed by atoms with E-state index in [0.29, 0.717) is 37.8 Å². The monoisotopic (exact) mass is 343 g/mol. The molecule has 1 aromatic heterocycles. The van der Waals surface area contributed by atoms with Crippen LogP contribution < -0.4 is 5.32 Å². The highest BCUT2D eigenvalue weighted by atomic mass is 16.6. The van der Waals surface area contributed by atoms with Crippen LogP contribution in [0.3, 0.4) is 0 Å². The van der Waals surface area contributed by atoms with Crippen molar-refractivity contribution in [1.29, 1.82) is 0 Å². The van der Waals surface area contributed by atoms with Crippen molar-refractivity contribution in [3.05, 3.63) is 58.5 Å². The number of nitrogens with zero attached hydrogens (tertiary/aromatic N) is 2. The quantitative estimate of drug-likeness (QED) is 0.680. The van der Waals surface area contributed by atoms with Gasteiger partial charge < -0.3 is 19.4 Å². The number of nitro groups is 1. The maximum Gasteiger partial charge on any atom is 0.321 e. The number of benzene rings is 1. The number of amides is 2. The van der Waals surface area contributed by atoms with Crippen molar-refractivity contribution in [2.45, 2.75) is 0 Å². The number of hydrogen-bond donors (Lipinski definition) is 1. The second-order valence-corrected chi connectivity index (χ2v) is 5.39. The standard InChI is InChI=1S/C17H17N3O5/c21-17(19-9-11-24-12-10-19)18-8-7-15-5-6-16(25-15)13-1-3-14(4-2-13)20(22)23/h1-8H,9-12H2,(H,18,21)/b8-7-. The molecule has 0 aliphatic carbocycles. The van der Waals surface area contributed by atoms with Crippen molar-refractivity contribution in [1.82, 2.24) is 10.2 Å². The summed E-state index contributed by atoms with van der Waals surface area (Å²) in [6.45, 7) is 2.25. The van der Waals surface area contributed by atoms with Gasteiger partial charge in [0.1, 0.15) is 11.5 Å². The summed E-state index contributed by atoms with van der Waals surface area (Å²) in [5.41, 5.74) is 0.767. The summed E-state index contributed by atoms with van der Waals surface area (Å²) in [6.07, 6.45) is 3.17. The third-order valence-corrected chi connectivity index (χ3v) is 3.74. The average Bonchev–Trinajstić information content (AvgIpc) is 3.11. The highest BCUT2D eigenvalue weighted by Crippen LogP contribution is 2.24. The fourth-order valence-electron chi connectivity index (χ4n) is 2.40. The molecule has 130 valence electrons. The van der Waals surface area contributed by atoms with E-state index in [-0.39, 0.29) is 11.7 Å². The normalized spacial score (nSPS) is 14.6. The number of urea groups is 1. The summed E-state index contributed by atoms with van der Waals surface area (Å²) in [6, 6.07) is 9.46. The highest BCUT2D eigenvalue weighted by molar-refractivity contribution is 5.76. The Morgan fingerprint density at radius 3 is 2.56 bits per heavy atom. The summed E-state index contributed by atoms with van der Waals surface area (Å²) in [5, 5.41) is 13.4. The van der Waals surface area contributed by atoms with Crippen molar-refractivity contribution in [3.63, 3.8) is 0 Å². The van der Waals surface area contributed by atoms with E-state index in [2.05, 4.69) is 5.32 Å². The van der Waals surface area contributed by atoms with Gasteiger partial charge in [0.25, 0.3) is 5.69 Å². The largest absolute Gasteiger partial charge is 0.457 e. The number of nitrogens with one attached hydrogen (secondary N) is 1. The maximum absolute atomic E-state index is 11.9. The van der Waals surface area contributed by atoms with Gasteiger partial charge in [-0.1, -0.05) is 0 Å². The first-order valence-electron chi connectivity index (χ1n) is 7.78. The molecule has 2 aromatic rings. The number of non-ortho nitro benzene ring substituents is 1. The number of ether oxygens (including phenoxy) is 1. The molecule has 8 nitrogen and oxygen atoms in total. The van der Waals surface area contributed by atoms with E-state index in [1.54, 1.807) is 35.2 Å². The lowest BCUT2D eigenvalue weighted by Gasteiger charge is -2.26. The lowest BCUT2D eigenvalue weighted by Crippen LogP contribution is -2.44. The van der Waals surface area contributed by atoms with E-state index in [9.17, 15) is 14.9 Å². The van der Waals surface area contributed by atoms with Gasteiger partial charge in [0.05, 0.1) is 18.1 Å². The molecule has 0 atom stereocenters. The van der Waals surface area contributed by atoms with Crippen LogP contribution in [0.25, 0.3) is 17.4 Å². The molecule has 0 saturated carbocycles. The Hall–Kier alpha value is -3.13. The number of carbonyl (C=O) groups is 1. The van der Waals surface area contributed by atoms with Crippen LogP contribution in [0.2, 0.25) is 0 Å². The Morgan fingerprint density at radius 2 is 1.88 bits per heavy atom. The molecule has 3 rings (SSSR count). The second-order valence-electron chi connectivity index (χ2n) is 5.39. The van der Waals surface area contributed by atoms with E-state index in [1.165, 1.54) is 18.3 Å². The molecule has 0 bridgehead atoms. The molecule has 2 heterocycles. The van der Waals surface area contributed by atoms with Crippen molar-refractivity contribution < 1.29 is 18.9 Å². The number of hydrogen-bond acceptors (Lipinski definition) is 5. The fraction of sp³-hybridized carbons (Fsp3) is 0.235. The average molecular weight is 343 g/mol. The lowest BCUT2D eigenvalue weighted by atomic mass is 10.1. The van der Waals surface area contributed by atoms with Gasteiger partial charge in [-0.2, -0.15) is 0 Å². The van der Waals surface area contributed by atoms with Gasteiger partial charge in [-0.15, -0.1) is 0 Å². The minimum Gasteiger partial charge on any atom is -0.457 e. The third-order valence-electron chi connectivity index (χ3n) is 3.74. The molecule has 1 fully saturated rings. The van der Waals surface area contributed by atoms with Gasteiger partial charge in [0.15, 0.2) is 0 Å². The molecule has 1 aliphatic rings. The number of furan rings is 1. The van der Waals surface area contributed by atoms with E-state index in [1.807, 2.05) is 0 Å². The molecule has 2 amide bonds. The van der Waals surface area contributed by atoms with E-state index >= 15 is 0 Å². The smallest absolute Gasteiger partial charge is 0.321 e. The van der Waals surface area contributed by atoms with Gasteiger partial charge in [0.2, 0.25) is 0 Å². The summed E-state index contributed by atoms with van der Waals surface area (Å²) < 4.78 is 10.9. The maximum atomic E-state index is 11.9. The lowest BCUT2D eigenvalue weighted by molar-refractivity contribution is -0.384. The van der Waals surface area contributed by atoms with Gasteiger partial charge in [-0.05, 0) is 30.3 Å². The molecular weight excluding hydrogens is 326 g/mol. The first-order valence-corrected chi connectivity index (χ1v) is 7.78. The summed E-state index contributed by atoms with van der Waals surface area (Å²) in [4.78, 5) is 23.8. The summed E-state index contributed by atoms with van der Waals surface area (Å²) in [5.74, 6) is 1.16. The minimum atomic E-state index is -0.447. The van der Waals surface area contributed by atoms with Crippen molar-refractivity contribution in [2.75, 3.05) is 26.3 Å². The Balaban J connectivity index is 1.59. The number of rotatable bonds is 4. The molecule has 8 heteroatoms. The van der Waals surface area contributed by atoms with Gasteiger partial charge in [-0.25, -0.2) is 4.79 Å². The van der Waals surface area contributed by atoms with Crippen LogP contribution in [-0.4, -0.2) is 42.2 Å². The van der Waals surface area contributed by atoms with Crippen LogP contribution in [0.15, 0.2) is 47.0 Å². The SMILES string of the molecule is O=C(N/C=C\c1ccc(-c2ccc([N+](=O)[O-])cc2)o1)N1CCOCC1. The van der Waals surface area contributed by atoms with Gasteiger partial charge in [-0.3, -0.25) is 10.1 Å². The molecule has 0 unspecified atom stereocenters. The Kier molecular flexibility index (Phi) is 5.10. The predicted octanol–water partition coefficient (Wildman–Crippen LogP) is 2.87. The fourth-order valence-corrected chi connectivity index (χ4v) is 2.40. The first kappa shape index (κ1) is 16.7.